The Labute approximate surface area is 149 Å². The number of nitrogens with zero attached hydrogens (tertiary/aromatic N) is 3. The van der Waals surface area contributed by atoms with Crippen LogP contribution in [0.4, 0.5) is 5.69 Å². The zero-order valence-corrected chi connectivity index (χ0v) is 14.8. The van der Waals surface area contributed by atoms with Crippen molar-refractivity contribution in [1.29, 1.82) is 0 Å². The number of anilines is 1. The van der Waals surface area contributed by atoms with E-state index in [0.29, 0.717) is 13.0 Å². The van der Waals surface area contributed by atoms with Gasteiger partial charge < -0.3 is 20.3 Å². The van der Waals surface area contributed by atoms with E-state index in [2.05, 4.69) is 25.4 Å². The summed E-state index contributed by atoms with van der Waals surface area (Å²) >= 11 is 0. The number of likely N-dealkylation sites (N-methyl/N-ethyl adjacent to an activating group) is 1. The lowest BCUT2D eigenvalue weighted by Crippen LogP contribution is -2.38. The van der Waals surface area contributed by atoms with Crippen LogP contribution < -0.4 is 10.6 Å². The van der Waals surface area contributed by atoms with E-state index in [4.69, 9.17) is 4.74 Å². The van der Waals surface area contributed by atoms with Crippen LogP contribution in [-0.4, -0.2) is 74.7 Å². The number of nitrogens with one attached hydrogen (secondary N) is 2. The highest BCUT2D eigenvalue weighted by Gasteiger charge is 2.13. The Kier molecular flexibility index (Phi) is 6.25. The van der Waals surface area contributed by atoms with Gasteiger partial charge in [0, 0.05) is 51.9 Å². The fraction of sp³-hybridized carbons (Fsp3) is 0.556. The molecule has 0 atom stereocenters. The topological polar surface area (TPSA) is 69.2 Å². The molecule has 2 heterocycles. The fourth-order valence-corrected chi connectivity index (χ4v) is 2.97. The highest BCUT2D eigenvalue weighted by molar-refractivity contribution is 5.90. The SMILES string of the molecule is CN1CCN=C1NCc1cccc(NC(=O)CCN2CCOCC2)c1. The van der Waals surface area contributed by atoms with Gasteiger partial charge in [0.05, 0.1) is 19.8 Å². The maximum absolute atomic E-state index is 12.2. The van der Waals surface area contributed by atoms with Gasteiger partial charge in [-0.1, -0.05) is 12.1 Å². The molecule has 0 unspecified atom stereocenters. The zero-order valence-electron chi connectivity index (χ0n) is 14.8. The number of carbonyl (C=O) groups excluding carboxylic acids is 1. The first kappa shape index (κ1) is 17.7. The molecule has 1 aromatic rings. The minimum absolute atomic E-state index is 0.0523. The van der Waals surface area contributed by atoms with Crippen molar-refractivity contribution in [3.8, 4) is 0 Å². The number of rotatable bonds is 6. The van der Waals surface area contributed by atoms with E-state index in [0.717, 1.165) is 63.1 Å². The summed E-state index contributed by atoms with van der Waals surface area (Å²) in [5.41, 5.74) is 1.96. The number of ether oxygens (including phenoxy) is 1. The first-order valence-electron chi connectivity index (χ1n) is 8.89. The molecular formula is C18H27N5O2. The van der Waals surface area contributed by atoms with Crippen molar-refractivity contribution in [2.24, 2.45) is 4.99 Å². The molecule has 2 aliphatic rings. The molecule has 7 heteroatoms. The van der Waals surface area contributed by atoms with E-state index in [1.807, 2.05) is 31.3 Å². The second-order valence-electron chi connectivity index (χ2n) is 6.43. The maximum Gasteiger partial charge on any atom is 0.225 e. The predicted octanol–water partition coefficient (Wildman–Crippen LogP) is 0.738. The van der Waals surface area contributed by atoms with E-state index in [1.165, 1.54) is 0 Å². The smallest absolute Gasteiger partial charge is 0.225 e. The van der Waals surface area contributed by atoms with Crippen LogP contribution in [0.25, 0.3) is 0 Å². The standard InChI is InChI=1S/C18H27N5O2/c1-22-8-6-19-18(22)20-14-15-3-2-4-16(13-15)21-17(24)5-7-23-9-11-25-12-10-23/h2-4,13H,5-12,14H2,1H3,(H,19,20)(H,21,24). The average Bonchev–Trinajstić information content (AvgIpc) is 3.04. The van der Waals surface area contributed by atoms with Gasteiger partial charge in [0.2, 0.25) is 5.91 Å². The number of hydrogen-bond acceptors (Lipinski definition) is 6. The zero-order chi connectivity index (χ0) is 17.5. The van der Waals surface area contributed by atoms with E-state index in [9.17, 15) is 4.79 Å². The molecule has 2 N–H and O–H groups in total. The van der Waals surface area contributed by atoms with Gasteiger partial charge in [0.25, 0.3) is 0 Å². The first-order chi connectivity index (χ1) is 12.2. The summed E-state index contributed by atoms with van der Waals surface area (Å²) in [7, 11) is 2.03. The Morgan fingerprint density at radius 1 is 1.28 bits per heavy atom. The Balaban J connectivity index is 1.44. The van der Waals surface area contributed by atoms with Crippen LogP contribution in [0, 0.1) is 0 Å². The number of hydrogen-bond donors (Lipinski definition) is 2. The van der Waals surface area contributed by atoms with Crippen LogP contribution in [0.5, 0.6) is 0 Å². The van der Waals surface area contributed by atoms with Crippen LogP contribution in [-0.2, 0) is 16.1 Å². The lowest BCUT2D eigenvalue weighted by Gasteiger charge is -2.26. The van der Waals surface area contributed by atoms with Gasteiger partial charge in [-0.2, -0.15) is 0 Å². The molecule has 0 spiro atoms. The molecule has 2 aliphatic heterocycles. The number of aliphatic imine (C=N–C) groups is 1. The lowest BCUT2D eigenvalue weighted by molar-refractivity contribution is -0.116. The Morgan fingerprint density at radius 3 is 2.88 bits per heavy atom. The predicted molar refractivity (Wildman–Crippen MR) is 98.7 cm³/mol. The minimum Gasteiger partial charge on any atom is -0.379 e. The molecule has 3 rings (SSSR count). The molecule has 1 aromatic carbocycles. The van der Waals surface area contributed by atoms with Crippen molar-refractivity contribution >= 4 is 17.6 Å². The summed E-state index contributed by atoms with van der Waals surface area (Å²) in [6.45, 7) is 6.62. The quantitative estimate of drug-likeness (QED) is 0.796. The second-order valence-corrected chi connectivity index (χ2v) is 6.43. The summed E-state index contributed by atoms with van der Waals surface area (Å²) in [5, 5.41) is 6.33. The minimum atomic E-state index is 0.0523. The van der Waals surface area contributed by atoms with Crippen molar-refractivity contribution in [3.05, 3.63) is 29.8 Å². The van der Waals surface area contributed by atoms with Crippen molar-refractivity contribution < 1.29 is 9.53 Å². The van der Waals surface area contributed by atoms with Crippen LogP contribution in [0.3, 0.4) is 0 Å². The molecule has 25 heavy (non-hydrogen) atoms. The van der Waals surface area contributed by atoms with Crippen LogP contribution in [0.2, 0.25) is 0 Å². The summed E-state index contributed by atoms with van der Waals surface area (Å²) in [4.78, 5) is 21.0. The van der Waals surface area contributed by atoms with E-state index >= 15 is 0 Å². The van der Waals surface area contributed by atoms with E-state index in [-0.39, 0.29) is 5.91 Å². The highest BCUT2D eigenvalue weighted by Crippen LogP contribution is 2.11. The van der Waals surface area contributed by atoms with Crippen molar-refractivity contribution in [2.75, 3.05) is 58.3 Å². The molecule has 0 saturated carbocycles. The normalized spacial score (nSPS) is 18.1. The largest absolute Gasteiger partial charge is 0.379 e. The molecule has 0 radical (unpaired) electrons. The van der Waals surface area contributed by atoms with Crippen LogP contribution in [0.15, 0.2) is 29.3 Å². The maximum atomic E-state index is 12.2. The van der Waals surface area contributed by atoms with Gasteiger partial charge in [0.15, 0.2) is 5.96 Å². The monoisotopic (exact) mass is 345 g/mol. The number of benzene rings is 1. The molecular weight excluding hydrogens is 318 g/mol. The van der Waals surface area contributed by atoms with Gasteiger partial charge in [-0.3, -0.25) is 14.7 Å². The van der Waals surface area contributed by atoms with E-state index in [1.54, 1.807) is 0 Å². The third kappa shape index (κ3) is 5.44. The van der Waals surface area contributed by atoms with Gasteiger partial charge in [-0.05, 0) is 17.7 Å². The molecule has 1 amide bonds. The molecule has 136 valence electrons. The summed E-state index contributed by atoms with van der Waals surface area (Å²) in [5.74, 6) is 0.983. The number of carbonyl (C=O) groups is 1. The molecule has 0 bridgehead atoms. The van der Waals surface area contributed by atoms with Crippen molar-refractivity contribution in [2.45, 2.75) is 13.0 Å². The first-order valence-corrected chi connectivity index (χ1v) is 8.89. The van der Waals surface area contributed by atoms with Gasteiger partial charge >= 0.3 is 0 Å². The third-order valence-corrected chi connectivity index (χ3v) is 4.48. The Morgan fingerprint density at radius 2 is 2.12 bits per heavy atom. The Hall–Kier alpha value is -2.12. The lowest BCUT2D eigenvalue weighted by atomic mass is 10.2. The third-order valence-electron chi connectivity index (χ3n) is 4.48. The average molecular weight is 345 g/mol. The van der Waals surface area contributed by atoms with Crippen molar-refractivity contribution in [1.82, 2.24) is 15.1 Å². The molecule has 0 aromatic heterocycles. The van der Waals surface area contributed by atoms with Gasteiger partial charge in [-0.15, -0.1) is 0 Å². The number of morpholine rings is 1. The van der Waals surface area contributed by atoms with Gasteiger partial charge in [-0.25, -0.2) is 0 Å². The number of amides is 1. The molecule has 0 aliphatic carbocycles. The summed E-state index contributed by atoms with van der Waals surface area (Å²) in [6, 6.07) is 7.95. The fourth-order valence-electron chi connectivity index (χ4n) is 2.97. The van der Waals surface area contributed by atoms with Crippen LogP contribution in [0.1, 0.15) is 12.0 Å². The van der Waals surface area contributed by atoms with E-state index < -0.39 is 0 Å². The number of guanidine groups is 1. The highest BCUT2D eigenvalue weighted by atomic mass is 16.5. The molecule has 1 saturated heterocycles. The van der Waals surface area contributed by atoms with Gasteiger partial charge in [0.1, 0.15) is 0 Å². The second kappa shape index (κ2) is 8.82. The summed E-state index contributed by atoms with van der Waals surface area (Å²) < 4.78 is 5.32. The summed E-state index contributed by atoms with van der Waals surface area (Å²) in [6.07, 6.45) is 0.504. The molecule has 1 fully saturated rings. The van der Waals surface area contributed by atoms with Crippen molar-refractivity contribution in [3.63, 3.8) is 0 Å². The van der Waals surface area contributed by atoms with Crippen LogP contribution >= 0.6 is 0 Å². The Bertz CT molecular complexity index is 613. The molecule has 7 nitrogen and oxygen atoms in total.